The highest BCUT2D eigenvalue weighted by atomic mass is 27.2. The second-order valence-electron chi connectivity index (χ2n) is 6.91. The van der Waals surface area contributed by atoms with E-state index in [2.05, 4.69) is 0 Å². The van der Waals surface area contributed by atoms with Crippen molar-refractivity contribution in [1.82, 2.24) is 0 Å². The van der Waals surface area contributed by atoms with Crippen LogP contribution in [0.5, 0.6) is 0 Å². The largest absolute Gasteiger partial charge is 0.411 e. The van der Waals surface area contributed by atoms with Gasteiger partial charge in [-0.25, -0.2) is 35.1 Å². The summed E-state index contributed by atoms with van der Waals surface area (Å²) in [5.74, 6) is -11.2. The van der Waals surface area contributed by atoms with E-state index in [1.165, 1.54) is 6.92 Å². The van der Waals surface area contributed by atoms with E-state index >= 15 is 0 Å². The standard InChI is InChI=1S/2C7H4F3.C7H5F2.Al/c2*1-4-6(9)2-5(8)3-7(4)10;1-5-2-3-6(8)4-7(5)9;/h2*2H,1H3;2-3H,1H3;. The van der Waals surface area contributed by atoms with Crippen LogP contribution in [0.2, 0.25) is 0 Å². The second kappa shape index (κ2) is 8.05. The molecule has 0 spiro atoms. The molecule has 0 radical (unpaired) electrons. The molecule has 0 heterocycles. The molecular weight excluding hydrogens is 431 g/mol. The fraction of sp³-hybridized carbons (Fsp3) is 0.143. The highest BCUT2D eigenvalue weighted by molar-refractivity contribution is 6.95. The zero-order valence-electron chi connectivity index (χ0n) is 15.9. The van der Waals surface area contributed by atoms with Crippen molar-refractivity contribution in [3.8, 4) is 0 Å². The molecule has 0 aliphatic rings. The Kier molecular flexibility index (Phi) is 5.99. The minimum Gasteiger partial charge on any atom is -0.208 e. The Morgan fingerprint density at radius 1 is 0.500 bits per heavy atom. The molecule has 0 aliphatic carbocycles. The molecule has 0 aromatic heterocycles. The van der Waals surface area contributed by atoms with Gasteiger partial charge in [0, 0.05) is 23.3 Å². The van der Waals surface area contributed by atoms with E-state index in [1.54, 1.807) is 0 Å². The van der Waals surface area contributed by atoms with Crippen LogP contribution in [0.4, 0.5) is 35.1 Å². The summed E-state index contributed by atoms with van der Waals surface area (Å²) in [5.41, 5.74) is -1.50. The average Bonchev–Trinajstić information content (AvgIpc) is 2.67. The molecule has 0 amide bonds. The Morgan fingerprint density at radius 2 is 0.900 bits per heavy atom. The lowest BCUT2D eigenvalue weighted by Crippen LogP contribution is -2.59. The van der Waals surface area contributed by atoms with Gasteiger partial charge in [0.25, 0.3) is 0 Å². The highest BCUT2D eigenvalue weighted by Crippen LogP contribution is 2.18. The molecule has 0 fully saturated rings. The quantitative estimate of drug-likeness (QED) is 0.419. The van der Waals surface area contributed by atoms with E-state index in [9.17, 15) is 35.1 Å². The third kappa shape index (κ3) is 3.50. The molecule has 0 aliphatic heterocycles. The summed E-state index contributed by atoms with van der Waals surface area (Å²) in [6.45, 7) is 3.13. The Bertz CT molecular complexity index is 1110. The third-order valence-corrected chi connectivity index (χ3v) is 8.37. The molecule has 0 saturated heterocycles. The first-order chi connectivity index (χ1) is 14.0. The van der Waals surface area contributed by atoms with E-state index in [4.69, 9.17) is 0 Å². The van der Waals surface area contributed by atoms with Crippen LogP contribution >= 0.6 is 0 Å². The summed E-state index contributed by atoms with van der Waals surface area (Å²) < 4.78 is 114. The van der Waals surface area contributed by atoms with E-state index in [0.29, 0.717) is 0 Å². The zero-order valence-corrected chi connectivity index (χ0v) is 17.1. The van der Waals surface area contributed by atoms with Crippen molar-refractivity contribution < 1.29 is 35.1 Å². The highest BCUT2D eigenvalue weighted by Gasteiger charge is 2.41. The van der Waals surface area contributed by atoms with Gasteiger partial charge in [-0.1, -0.05) is 6.07 Å². The monoisotopic (exact) mass is 444 g/mol. The lowest BCUT2D eigenvalue weighted by Gasteiger charge is -2.21. The van der Waals surface area contributed by atoms with Crippen molar-refractivity contribution in [3.63, 3.8) is 0 Å². The van der Waals surface area contributed by atoms with Crippen molar-refractivity contribution in [3.05, 3.63) is 87.5 Å². The summed E-state index contributed by atoms with van der Waals surface area (Å²) >= 11 is -4.25. The molecule has 0 atom stereocenters. The van der Waals surface area contributed by atoms with Gasteiger partial charge in [0.05, 0.1) is 0 Å². The first-order valence-electron chi connectivity index (χ1n) is 8.69. The van der Waals surface area contributed by atoms with Gasteiger partial charge in [0.15, 0.2) is 0 Å². The average molecular weight is 444 g/mol. The van der Waals surface area contributed by atoms with Gasteiger partial charge in [0.1, 0.15) is 46.5 Å². The number of halogens is 8. The first kappa shape index (κ1) is 22.3. The van der Waals surface area contributed by atoms with Gasteiger partial charge in [0.2, 0.25) is 0 Å². The molecule has 0 unspecified atom stereocenters. The van der Waals surface area contributed by atoms with Gasteiger partial charge >= 0.3 is 14.1 Å². The van der Waals surface area contributed by atoms with E-state index in [-0.39, 0.29) is 17.7 Å². The SMILES string of the molecule is Cc1ccc(F)[c]([Al]([c]2c(F)cc(F)c(C)c2F)[c]2c(F)cc(F)c(C)c2F)c1F. The summed E-state index contributed by atoms with van der Waals surface area (Å²) in [6, 6.07) is 2.41. The third-order valence-electron chi connectivity index (χ3n) is 5.06. The number of benzene rings is 3. The normalized spacial score (nSPS) is 11.2. The van der Waals surface area contributed by atoms with E-state index in [1.807, 2.05) is 0 Å². The topological polar surface area (TPSA) is 0 Å². The molecule has 0 nitrogen and oxygen atoms in total. The first-order valence-corrected chi connectivity index (χ1v) is 10.4. The van der Waals surface area contributed by atoms with Crippen LogP contribution in [-0.2, 0) is 0 Å². The van der Waals surface area contributed by atoms with Crippen LogP contribution in [0.1, 0.15) is 16.7 Å². The maximum Gasteiger partial charge on any atom is 0.411 e. The number of hydrogen-bond acceptors (Lipinski definition) is 0. The number of hydrogen-bond donors (Lipinski definition) is 0. The summed E-state index contributed by atoms with van der Waals surface area (Å²) in [7, 11) is 0. The maximum absolute atomic E-state index is 14.9. The van der Waals surface area contributed by atoms with Crippen LogP contribution in [0.15, 0.2) is 24.3 Å². The molecule has 3 rings (SSSR count). The fourth-order valence-corrected chi connectivity index (χ4v) is 6.70. The fourth-order valence-electron chi connectivity index (χ4n) is 3.32. The van der Waals surface area contributed by atoms with Crippen molar-refractivity contribution in [2.45, 2.75) is 20.8 Å². The Labute approximate surface area is 171 Å². The molecule has 30 heavy (non-hydrogen) atoms. The number of aryl methyl sites for hydroxylation is 1. The number of rotatable bonds is 3. The summed E-state index contributed by atoms with van der Waals surface area (Å²) in [5, 5.41) is 0. The molecule has 0 bridgehead atoms. The lowest BCUT2D eigenvalue weighted by atomic mass is 10.2. The van der Waals surface area contributed by atoms with Crippen LogP contribution < -0.4 is 13.3 Å². The van der Waals surface area contributed by atoms with Crippen molar-refractivity contribution >= 4 is 27.4 Å². The van der Waals surface area contributed by atoms with E-state index < -0.39 is 85.1 Å². The van der Waals surface area contributed by atoms with Gasteiger partial charge in [-0.2, -0.15) is 0 Å². The predicted molar refractivity (Wildman–Crippen MR) is 97.9 cm³/mol. The Balaban J connectivity index is 2.54. The van der Waals surface area contributed by atoms with Crippen LogP contribution in [0.3, 0.4) is 0 Å². The van der Waals surface area contributed by atoms with E-state index in [0.717, 1.165) is 26.0 Å². The molecule has 3 aromatic rings. The molecule has 0 saturated carbocycles. The lowest BCUT2D eigenvalue weighted by molar-refractivity contribution is 0.539. The Morgan fingerprint density at radius 3 is 1.33 bits per heavy atom. The van der Waals surface area contributed by atoms with Crippen molar-refractivity contribution in [2.75, 3.05) is 0 Å². The molecule has 9 heteroatoms. The smallest absolute Gasteiger partial charge is 0.208 e. The van der Waals surface area contributed by atoms with Gasteiger partial charge in [-0.05, 0) is 45.7 Å². The van der Waals surface area contributed by atoms with Gasteiger partial charge < -0.3 is 0 Å². The molecule has 0 N–H and O–H groups in total. The van der Waals surface area contributed by atoms with Crippen LogP contribution in [-0.4, -0.2) is 14.1 Å². The van der Waals surface area contributed by atoms with Gasteiger partial charge in [-0.15, -0.1) is 0 Å². The van der Waals surface area contributed by atoms with Crippen LogP contribution in [0, 0.1) is 67.3 Å². The Hall–Kier alpha value is -2.37. The molecule has 3 aromatic carbocycles. The maximum atomic E-state index is 14.9. The zero-order chi connectivity index (χ0) is 22.5. The predicted octanol–water partition coefficient (Wildman–Crippen LogP) is 4.24. The summed E-state index contributed by atoms with van der Waals surface area (Å²) in [6.07, 6.45) is 0. The molecular formula is C21H13AlF8. The molecule has 156 valence electrons. The van der Waals surface area contributed by atoms with Crippen molar-refractivity contribution in [2.24, 2.45) is 0 Å². The van der Waals surface area contributed by atoms with Gasteiger partial charge in [-0.3, -0.25) is 0 Å². The second-order valence-corrected chi connectivity index (χ2v) is 9.51. The van der Waals surface area contributed by atoms with Crippen LogP contribution in [0.25, 0.3) is 0 Å². The van der Waals surface area contributed by atoms with Crippen molar-refractivity contribution in [1.29, 1.82) is 0 Å². The minimum atomic E-state index is -4.25. The summed E-state index contributed by atoms with van der Waals surface area (Å²) in [4.78, 5) is 0. The minimum absolute atomic E-state index is 0.136.